The van der Waals surface area contributed by atoms with E-state index in [1.54, 1.807) is 30.6 Å². The molecule has 2 atom stereocenters. The number of carbonyl (C=O) groups is 1. The minimum atomic E-state index is -1.19. The predicted molar refractivity (Wildman–Crippen MR) is 126 cm³/mol. The van der Waals surface area contributed by atoms with Crippen LogP contribution in [0.4, 0.5) is 4.79 Å². The van der Waals surface area contributed by atoms with Crippen LogP contribution in [0.3, 0.4) is 0 Å². The van der Waals surface area contributed by atoms with Gasteiger partial charge in [-0.2, -0.15) is 0 Å². The number of hydrogen-bond acceptors (Lipinski definition) is 5. The SMILES string of the molecule is O=C(NCC(O)C(O)c1cccc2cnccc12)OCC1c2ccccc2-c2ccccc21. The normalized spacial score (nSPS) is 14.4. The maximum atomic E-state index is 12.4. The van der Waals surface area contributed by atoms with Crippen LogP contribution in [0.2, 0.25) is 0 Å². The summed E-state index contributed by atoms with van der Waals surface area (Å²) >= 11 is 0. The largest absolute Gasteiger partial charge is 0.449 e. The molecule has 3 aromatic carbocycles. The summed E-state index contributed by atoms with van der Waals surface area (Å²) in [5.41, 5.74) is 5.16. The number of ether oxygens (including phenoxy) is 1. The molecule has 1 heterocycles. The molecular formula is C27H24N2O4. The summed E-state index contributed by atoms with van der Waals surface area (Å²) in [7, 11) is 0. The van der Waals surface area contributed by atoms with Gasteiger partial charge in [-0.15, -0.1) is 0 Å². The van der Waals surface area contributed by atoms with E-state index in [0.29, 0.717) is 5.56 Å². The summed E-state index contributed by atoms with van der Waals surface area (Å²) < 4.78 is 5.49. The van der Waals surface area contributed by atoms with Crippen LogP contribution in [0.5, 0.6) is 0 Å². The zero-order valence-corrected chi connectivity index (χ0v) is 17.9. The number of rotatable bonds is 6. The van der Waals surface area contributed by atoms with Crippen molar-refractivity contribution in [2.45, 2.75) is 18.1 Å². The number of benzene rings is 3. The number of alkyl carbamates (subject to hydrolysis) is 1. The third kappa shape index (κ3) is 4.06. The molecule has 1 amide bonds. The molecule has 5 rings (SSSR count). The molecule has 3 N–H and O–H groups in total. The molecular weight excluding hydrogens is 416 g/mol. The first-order valence-electron chi connectivity index (χ1n) is 10.9. The maximum absolute atomic E-state index is 12.4. The molecule has 0 bridgehead atoms. The lowest BCUT2D eigenvalue weighted by atomic mass is 9.98. The van der Waals surface area contributed by atoms with E-state index in [9.17, 15) is 15.0 Å². The van der Waals surface area contributed by atoms with E-state index in [1.807, 2.05) is 30.3 Å². The van der Waals surface area contributed by atoms with Crippen molar-refractivity contribution < 1.29 is 19.7 Å². The van der Waals surface area contributed by atoms with Crippen LogP contribution in [-0.4, -0.2) is 40.5 Å². The lowest BCUT2D eigenvalue weighted by Crippen LogP contribution is -2.36. The highest BCUT2D eigenvalue weighted by Gasteiger charge is 2.29. The molecule has 4 aromatic rings. The number of carbonyl (C=O) groups excluding carboxylic acids is 1. The van der Waals surface area contributed by atoms with Crippen molar-refractivity contribution in [1.29, 1.82) is 0 Å². The smallest absolute Gasteiger partial charge is 0.407 e. The first-order chi connectivity index (χ1) is 16.1. The highest BCUT2D eigenvalue weighted by Crippen LogP contribution is 2.44. The molecule has 166 valence electrons. The van der Waals surface area contributed by atoms with Crippen molar-refractivity contribution >= 4 is 16.9 Å². The second kappa shape index (κ2) is 9.02. The van der Waals surface area contributed by atoms with Crippen LogP contribution in [0.15, 0.2) is 85.2 Å². The van der Waals surface area contributed by atoms with Gasteiger partial charge < -0.3 is 20.3 Å². The summed E-state index contributed by atoms with van der Waals surface area (Å²) in [6.07, 6.45) is 0.353. The van der Waals surface area contributed by atoms with E-state index >= 15 is 0 Å². The van der Waals surface area contributed by atoms with Crippen LogP contribution in [0.25, 0.3) is 21.9 Å². The highest BCUT2D eigenvalue weighted by atomic mass is 16.5. The first-order valence-corrected chi connectivity index (χ1v) is 10.9. The van der Waals surface area contributed by atoms with Crippen molar-refractivity contribution in [3.63, 3.8) is 0 Å². The Bertz CT molecular complexity index is 1260. The molecule has 0 saturated carbocycles. The van der Waals surface area contributed by atoms with E-state index in [4.69, 9.17) is 4.74 Å². The van der Waals surface area contributed by atoms with Gasteiger partial charge in [0.1, 0.15) is 18.8 Å². The fraction of sp³-hybridized carbons (Fsp3) is 0.185. The minimum Gasteiger partial charge on any atom is -0.449 e. The molecule has 2 unspecified atom stereocenters. The quantitative estimate of drug-likeness (QED) is 0.419. The number of aliphatic hydroxyl groups is 2. The Morgan fingerprint density at radius 1 is 0.939 bits per heavy atom. The van der Waals surface area contributed by atoms with Gasteiger partial charge >= 0.3 is 6.09 Å². The van der Waals surface area contributed by atoms with Crippen LogP contribution < -0.4 is 5.32 Å². The van der Waals surface area contributed by atoms with Crippen LogP contribution >= 0.6 is 0 Å². The summed E-state index contributed by atoms with van der Waals surface area (Å²) in [5.74, 6) is -0.0389. The number of nitrogens with zero attached hydrogens (tertiary/aromatic N) is 1. The monoisotopic (exact) mass is 440 g/mol. The molecule has 0 fully saturated rings. The van der Waals surface area contributed by atoms with Gasteiger partial charge in [0.2, 0.25) is 0 Å². The number of hydrogen-bond donors (Lipinski definition) is 3. The Balaban J connectivity index is 1.21. The molecule has 33 heavy (non-hydrogen) atoms. The molecule has 6 nitrogen and oxygen atoms in total. The van der Waals surface area contributed by atoms with Crippen molar-refractivity contribution in [2.75, 3.05) is 13.2 Å². The number of aromatic nitrogens is 1. The zero-order chi connectivity index (χ0) is 22.8. The van der Waals surface area contributed by atoms with Gasteiger partial charge in [-0.1, -0.05) is 66.7 Å². The fourth-order valence-electron chi connectivity index (χ4n) is 4.56. The van der Waals surface area contributed by atoms with E-state index in [1.165, 1.54) is 0 Å². The fourth-order valence-corrected chi connectivity index (χ4v) is 4.56. The van der Waals surface area contributed by atoms with Gasteiger partial charge in [0, 0.05) is 30.2 Å². The molecule has 0 radical (unpaired) electrons. The number of fused-ring (bicyclic) bond motifs is 4. The minimum absolute atomic E-state index is 0.0389. The molecule has 6 heteroatoms. The Hall–Kier alpha value is -3.74. The van der Waals surface area contributed by atoms with Gasteiger partial charge in [-0.25, -0.2) is 4.79 Å². The summed E-state index contributed by atoms with van der Waals surface area (Å²) in [4.78, 5) is 16.4. The van der Waals surface area contributed by atoms with Crippen LogP contribution in [0, 0.1) is 0 Å². The van der Waals surface area contributed by atoms with E-state index in [-0.39, 0.29) is 19.1 Å². The van der Waals surface area contributed by atoms with Gasteiger partial charge in [0.25, 0.3) is 0 Å². The maximum Gasteiger partial charge on any atom is 0.407 e. The molecule has 0 aliphatic heterocycles. The van der Waals surface area contributed by atoms with E-state index in [0.717, 1.165) is 33.0 Å². The average molecular weight is 440 g/mol. The third-order valence-corrected chi connectivity index (χ3v) is 6.20. The highest BCUT2D eigenvalue weighted by molar-refractivity contribution is 5.85. The predicted octanol–water partition coefficient (Wildman–Crippen LogP) is 4.17. The number of pyridine rings is 1. The molecule has 0 saturated heterocycles. The second-order valence-corrected chi connectivity index (χ2v) is 8.16. The third-order valence-electron chi connectivity index (χ3n) is 6.20. The lowest BCUT2D eigenvalue weighted by Gasteiger charge is -2.20. The number of aliphatic hydroxyl groups excluding tert-OH is 2. The Morgan fingerprint density at radius 3 is 2.36 bits per heavy atom. The zero-order valence-electron chi connectivity index (χ0n) is 17.9. The Morgan fingerprint density at radius 2 is 1.64 bits per heavy atom. The first kappa shape index (κ1) is 21.1. The lowest BCUT2D eigenvalue weighted by molar-refractivity contribution is 0.0194. The summed E-state index contributed by atoms with van der Waals surface area (Å²) in [6, 6.07) is 23.5. The van der Waals surface area contributed by atoms with Gasteiger partial charge in [0.15, 0.2) is 0 Å². The molecule has 1 aromatic heterocycles. The molecule has 1 aliphatic rings. The van der Waals surface area contributed by atoms with E-state index < -0.39 is 18.3 Å². The summed E-state index contributed by atoms with van der Waals surface area (Å²) in [5, 5.41) is 25.4. The second-order valence-electron chi connectivity index (χ2n) is 8.16. The van der Waals surface area contributed by atoms with Crippen molar-refractivity contribution in [3.8, 4) is 11.1 Å². The van der Waals surface area contributed by atoms with Crippen LogP contribution in [-0.2, 0) is 4.74 Å². The van der Waals surface area contributed by atoms with Crippen molar-refractivity contribution in [2.24, 2.45) is 0 Å². The van der Waals surface area contributed by atoms with Gasteiger partial charge in [0.05, 0.1) is 0 Å². The average Bonchev–Trinajstić information content (AvgIpc) is 3.19. The topological polar surface area (TPSA) is 91.7 Å². The Labute approximate surface area is 191 Å². The standard InChI is InChI=1S/C27H24N2O4/c30-25(26(31)23-11-5-6-17-14-28-13-12-18(17)23)15-29-27(32)33-16-24-21-9-3-1-7-19(21)20-8-2-4-10-22(20)24/h1-14,24-26,30-31H,15-16H2,(H,29,32). The van der Waals surface area contributed by atoms with Gasteiger partial charge in [-0.3, -0.25) is 4.98 Å². The van der Waals surface area contributed by atoms with E-state index in [2.05, 4.69) is 34.6 Å². The van der Waals surface area contributed by atoms with Crippen LogP contribution in [0.1, 0.15) is 28.7 Å². The van der Waals surface area contributed by atoms with Crippen molar-refractivity contribution in [3.05, 3.63) is 102 Å². The molecule has 1 aliphatic carbocycles. The summed E-state index contributed by atoms with van der Waals surface area (Å²) in [6.45, 7) is 0.0497. The van der Waals surface area contributed by atoms with Crippen molar-refractivity contribution in [1.82, 2.24) is 10.3 Å². The number of nitrogens with one attached hydrogen (secondary N) is 1. The van der Waals surface area contributed by atoms with Gasteiger partial charge in [-0.05, 0) is 39.3 Å². The molecule has 0 spiro atoms. The Kier molecular flexibility index (Phi) is 5.77. The number of amides is 1.